The van der Waals surface area contributed by atoms with Crippen molar-refractivity contribution in [3.63, 3.8) is 0 Å². The molecular weight excluding hydrogens is 254 g/mol. The maximum Gasteiger partial charge on any atom is 0.267 e. The molecule has 0 aliphatic rings. The highest BCUT2D eigenvalue weighted by Gasteiger charge is 2.08. The summed E-state index contributed by atoms with van der Waals surface area (Å²) in [6.45, 7) is 0.624. The summed E-state index contributed by atoms with van der Waals surface area (Å²) >= 11 is 0. The Bertz CT molecular complexity index is 668. The number of benzene rings is 1. The number of para-hydroxylation sites is 1. The van der Waals surface area contributed by atoms with Gasteiger partial charge in [-0.25, -0.2) is 0 Å². The number of hydrogen-bond acceptors (Lipinski definition) is 3. The largest absolute Gasteiger partial charge is 0.364 e. The van der Waals surface area contributed by atoms with E-state index in [4.69, 9.17) is 4.52 Å². The molecular formula is C15H15N3O2. The van der Waals surface area contributed by atoms with Crippen molar-refractivity contribution in [2.75, 3.05) is 6.54 Å². The summed E-state index contributed by atoms with van der Waals surface area (Å²) in [7, 11) is 0. The monoisotopic (exact) mass is 269 g/mol. The summed E-state index contributed by atoms with van der Waals surface area (Å²) in [6, 6.07) is 9.70. The van der Waals surface area contributed by atoms with Gasteiger partial charge in [-0.15, -0.1) is 0 Å². The van der Waals surface area contributed by atoms with Crippen LogP contribution < -0.4 is 5.32 Å². The van der Waals surface area contributed by atoms with E-state index in [2.05, 4.69) is 15.5 Å². The number of aromatic nitrogens is 2. The Hall–Kier alpha value is -2.56. The van der Waals surface area contributed by atoms with E-state index in [0.29, 0.717) is 12.2 Å². The van der Waals surface area contributed by atoms with Crippen molar-refractivity contribution in [2.24, 2.45) is 0 Å². The lowest BCUT2D eigenvalue weighted by Gasteiger charge is -2.02. The summed E-state index contributed by atoms with van der Waals surface area (Å²) in [5, 5.41) is 7.59. The van der Waals surface area contributed by atoms with Crippen LogP contribution in [-0.2, 0) is 6.42 Å². The summed E-state index contributed by atoms with van der Waals surface area (Å²) in [5.74, 6) is -0.0773. The topological polar surface area (TPSA) is 70.9 Å². The molecule has 0 atom stereocenters. The molecule has 2 aromatic heterocycles. The van der Waals surface area contributed by atoms with Crippen LogP contribution in [0.2, 0.25) is 0 Å². The van der Waals surface area contributed by atoms with E-state index >= 15 is 0 Å². The molecule has 20 heavy (non-hydrogen) atoms. The Balaban J connectivity index is 1.53. The fourth-order valence-electron chi connectivity index (χ4n) is 2.14. The number of aryl methyl sites for hydroxylation is 1. The molecule has 0 bridgehead atoms. The first-order chi connectivity index (χ1) is 9.83. The van der Waals surface area contributed by atoms with Gasteiger partial charge in [0.15, 0.2) is 0 Å². The molecule has 0 radical (unpaired) electrons. The van der Waals surface area contributed by atoms with E-state index in [1.165, 1.54) is 0 Å². The number of H-pyrrole nitrogens is 1. The molecule has 2 heterocycles. The van der Waals surface area contributed by atoms with Crippen molar-refractivity contribution in [1.29, 1.82) is 0 Å². The molecule has 0 aliphatic heterocycles. The first-order valence-electron chi connectivity index (χ1n) is 6.57. The van der Waals surface area contributed by atoms with Crippen LogP contribution in [0.25, 0.3) is 10.9 Å². The number of nitrogens with zero attached hydrogens (tertiary/aromatic N) is 1. The summed E-state index contributed by atoms with van der Waals surface area (Å²) < 4.78 is 4.75. The third kappa shape index (κ3) is 2.71. The quantitative estimate of drug-likeness (QED) is 0.699. The number of carbonyl (C=O) groups excluding carboxylic acids is 1. The Morgan fingerprint density at radius 1 is 1.35 bits per heavy atom. The average Bonchev–Trinajstić information content (AvgIpc) is 3.12. The van der Waals surface area contributed by atoms with E-state index in [1.807, 2.05) is 30.3 Å². The third-order valence-electron chi connectivity index (χ3n) is 3.19. The number of rotatable bonds is 5. The van der Waals surface area contributed by atoms with Gasteiger partial charge in [-0.1, -0.05) is 23.4 Å². The molecule has 0 spiro atoms. The molecule has 0 fully saturated rings. The molecule has 1 aromatic carbocycles. The van der Waals surface area contributed by atoms with Gasteiger partial charge in [0.2, 0.25) is 0 Å². The van der Waals surface area contributed by atoms with Crippen molar-refractivity contribution >= 4 is 16.8 Å². The van der Waals surface area contributed by atoms with E-state index in [9.17, 15) is 4.79 Å². The normalized spacial score (nSPS) is 10.8. The van der Waals surface area contributed by atoms with Gasteiger partial charge in [0.05, 0.1) is 6.20 Å². The number of aromatic amines is 1. The van der Waals surface area contributed by atoms with E-state index < -0.39 is 0 Å². The fourth-order valence-corrected chi connectivity index (χ4v) is 2.14. The van der Waals surface area contributed by atoms with Crippen LogP contribution in [0.5, 0.6) is 0 Å². The molecule has 3 rings (SSSR count). The predicted molar refractivity (Wildman–Crippen MR) is 75.5 cm³/mol. The zero-order valence-electron chi connectivity index (χ0n) is 10.9. The van der Waals surface area contributed by atoms with Crippen molar-refractivity contribution in [3.8, 4) is 0 Å². The van der Waals surface area contributed by atoms with E-state index in [0.717, 1.165) is 29.3 Å². The van der Waals surface area contributed by atoms with Gasteiger partial charge in [-0.2, -0.15) is 0 Å². The highest BCUT2D eigenvalue weighted by atomic mass is 16.5. The third-order valence-corrected chi connectivity index (χ3v) is 3.19. The van der Waals surface area contributed by atoms with E-state index in [1.54, 1.807) is 12.5 Å². The highest BCUT2D eigenvalue weighted by molar-refractivity contribution is 5.97. The van der Waals surface area contributed by atoms with Crippen LogP contribution in [-0.4, -0.2) is 22.6 Å². The zero-order valence-corrected chi connectivity index (χ0v) is 10.9. The number of nitrogens with one attached hydrogen (secondary N) is 2. The Kier molecular flexibility index (Phi) is 3.50. The van der Waals surface area contributed by atoms with Crippen LogP contribution in [0.4, 0.5) is 0 Å². The van der Waals surface area contributed by atoms with Gasteiger partial charge >= 0.3 is 0 Å². The second-order valence-corrected chi connectivity index (χ2v) is 4.66. The lowest BCUT2D eigenvalue weighted by atomic mass is 10.2. The molecule has 5 heteroatoms. The van der Waals surface area contributed by atoms with Gasteiger partial charge < -0.3 is 14.8 Å². The SMILES string of the molecule is O=C(NCCCc1cnoc1)c1cc2ccccc2[nH]1. The smallest absolute Gasteiger partial charge is 0.267 e. The van der Waals surface area contributed by atoms with Crippen LogP contribution in [0.15, 0.2) is 47.3 Å². The first kappa shape index (κ1) is 12.5. The number of hydrogen-bond donors (Lipinski definition) is 2. The van der Waals surface area contributed by atoms with Crippen LogP contribution in [0.1, 0.15) is 22.5 Å². The molecule has 0 saturated carbocycles. The standard InChI is InChI=1S/C15H15N3O2/c19-15(16-7-3-4-11-9-17-20-10-11)14-8-12-5-1-2-6-13(12)18-14/h1-2,5-6,8-10,18H,3-4,7H2,(H,16,19). The summed E-state index contributed by atoms with van der Waals surface area (Å²) in [5.41, 5.74) is 2.61. The van der Waals surface area contributed by atoms with Gasteiger partial charge in [-0.3, -0.25) is 4.79 Å². The maximum atomic E-state index is 12.0. The number of amides is 1. The van der Waals surface area contributed by atoms with Crippen LogP contribution >= 0.6 is 0 Å². The molecule has 0 aliphatic carbocycles. The summed E-state index contributed by atoms with van der Waals surface area (Å²) in [4.78, 5) is 15.1. The zero-order chi connectivity index (χ0) is 13.8. The number of carbonyl (C=O) groups is 1. The molecule has 2 N–H and O–H groups in total. The maximum absolute atomic E-state index is 12.0. The molecule has 102 valence electrons. The van der Waals surface area contributed by atoms with Crippen molar-refractivity contribution in [1.82, 2.24) is 15.5 Å². The number of fused-ring (bicyclic) bond motifs is 1. The summed E-state index contributed by atoms with van der Waals surface area (Å²) in [6.07, 6.45) is 5.02. The van der Waals surface area contributed by atoms with Gasteiger partial charge in [-0.05, 0) is 25.0 Å². The van der Waals surface area contributed by atoms with Crippen molar-refractivity contribution in [2.45, 2.75) is 12.8 Å². The second-order valence-electron chi connectivity index (χ2n) is 4.66. The molecule has 0 saturated heterocycles. The van der Waals surface area contributed by atoms with Crippen LogP contribution in [0, 0.1) is 0 Å². The second kappa shape index (κ2) is 5.61. The lowest BCUT2D eigenvalue weighted by molar-refractivity contribution is 0.0949. The predicted octanol–water partition coefficient (Wildman–Crippen LogP) is 2.52. The minimum Gasteiger partial charge on any atom is -0.364 e. The molecule has 1 amide bonds. The fraction of sp³-hybridized carbons (Fsp3) is 0.200. The van der Waals surface area contributed by atoms with Gasteiger partial charge in [0.1, 0.15) is 12.0 Å². The van der Waals surface area contributed by atoms with Gasteiger partial charge in [0, 0.05) is 23.0 Å². The minimum atomic E-state index is -0.0773. The minimum absolute atomic E-state index is 0.0773. The Morgan fingerprint density at radius 3 is 3.05 bits per heavy atom. The van der Waals surface area contributed by atoms with Gasteiger partial charge in [0.25, 0.3) is 5.91 Å². The Morgan fingerprint density at radius 2 is 2.25 bits per heavy atom. The highest BCUT2D eigenvalue weighted by Crippen LogP contribution is 2.14. The van der Waals surface area contributed by atoms with Crippen molar-refractivity contribution < 1.29 is 9.32 Å². The average molecular weight is 269 g/mol. The Labute approximate surface area is 116 Å². The van der Waals surface area contributed by atoms with Crippen LogP contribution in [0.3, 0.4) is 0 Å². The van der Waals surface area contributed by atoms with E-state index in [-0.39, 0.29) is 5.91 Å². The van der Waals surface area contributed by atoms with Crippen molar-refractivity contribution in [3.05, 3.63) is 54.0 Å². The first-order valence-corrected chi connectivity index (χ1v) is 6.57. The molecule has 5 nitrogen and oxygen atoms in total. The molecule has 3 aromatic rings. The molecule has 0 unspecified atom stereocenters. The lowest BCUT2D eigenvalue weighted by Crippen LogP contribution is -2.25.